The molecule has 0 saturated heterocycles. The van der Waals surface area contributed by atoms with Crippen LogP contribution in [-0.2, 0) is 9.59 Å². The van der Waals surface area contributed by atoms with E-state index >= 15 is 0 Å². The average molecular weight is 180 g/mol. The first-order chi connectivity index (χ1) is 5.45. The molecule has 0 aromatic heterocycles. The van der Waals surface area contributed by atoms with E-state index in [0.717, 1.165) is 0 Å². The van der Waals surface area contributed by atoms with Gasteiger partial charge in [0.25, 0.3) is 0 Å². The summed E-state index contributed by atoms with van der Waals surface area (Å²) in [7, 11) is 0. The first kappa shape index (κ1) is 13.4. The van der Waals surface area contributed by atoms with Crippen LogP contribution in [0.25, 0.3) is 0 Å². The number of aliphatic hydroxyl groups excluding tert-OH is 2. The summed E-state index contributed by atoms with van der Waals surface area (Å²) >= 11 is 0. The molecule has 0 bridgehead atoms. The molecule has 0 aliphatic carbocycles. The second kappa shape index (κ2) is 7.96. The van der Waals surface area contributed by atoms with Crippen molar-refractivity contribution in [2.24, 2.45) is 0 Å². The summed E-state index contributed by atoms with van der Waals surface area (Å²) in [5.74, 6) is -2.85. The molecule has 0 aromatic rings. The fourth-order valence-corrected chi connectivity index (χ4v) is 0.253. The van der Waals surface area contributed by atoms with Gasteiger partial charge in [-0.1, -0.05) is 0 Å². The minimum atomic E-state index is -1.79. The lowest BCUT2D eigenvalue weighted by Crippen LogP contribution is -2.22. The van der Waals surface area contributed by atoms with E-state index in [1.54, 1.807) is 6.92 Å². The predicted octanol–water partition coefficient (Wildman–Crippen LogP) is -1.09. The number of carboxylic acids is 2. The lowest BCUT2D eigenvalue weighted by Gasteiger charge is -1.97. The van der Waals surface area contributed by atoms with Crippen LogP contribution in [0.5, 0.6) is 0 Å². The topological polar surface area (TPSA) is 115 Å². The molecule has 0 spiro atoms. The van der Waals surface area contributed by atoms with Gasteiger partial charge in [0.05, 0.1) is 6.42 Å². The normalized spacial score (nSPS) is 10.9. The van der Waals surface area contributed by atoms with Crippen LogP contribution in [0.2, 0.25) is 0 Å². The van der Waals surface area contributed by atoms with Crippen LogP contribution in [0.1, 0.15) is 13.3 Å². The Kier molecular flexibility index (Phi) is 8.92. The lowest BCUT2D eigenvalue weighted by atomic mass is 10.3. The molecule has 1 atom stereocenters. The number of carboxylic acid groups (broad SMARTS) is 2. The quantitative estimate of drug-likeness (QED) is 0.438. The van der Waals surface area contributed by atoms with Crippen molar-refractivity contribution in [1.82, 2.24) is 0 Å². The van der Waals surface area contributed by atoms with Crippen molar-refractivity contribution < 1.29 is 30.0 Å². The molecule has 0 fully saturated rings. The molecule has 4 N–H and O–H groups in total. The molecular formula is C6H12O6. The molecular weight excluding hydrogens is 168 g/mol. The molecule has 72 valence electrons. The highest BCUT2D eigenvalue weighted by atomic mass is 16.4. The van der Waals surface area contributed by atoms with Gasteiger partial charge in [-0.2, -0.15) is 0 Å². The molecule has 0 heterocycles. The summed E-state index contributed by atoms with van der Waals surface area (Å²) in [6.45, 7) is 1.93. The van der Waals surface area contributed by atoms with Crippen LogP contribution in [0.15, 0.2) is 0 Å². The van der Waals surface area contributed by atoms with E-state index in [9.17, 15) is 9.59 Å². The Labute approximate surface area is 69.1 Å². The zero-order valence-electron chi connectivity index (χ0n) is 6.60. The zero-order chi connectivity index (χ0) is 10.1. The molecule has 6 heteroatoms. The number of rotatable bonds is 3. The lowest BCUT2D eigenvalue weighted by molar-refractivity contribution is -0.152. The Morgan fingerprint density at radius 1 is 1.33 bits per heavy atom. The Bertz CT molecular complexity index is 143. The van der Waals surface area contributed by atoms with Crippen LogP contribution < -0.4 is 0 Å². The fourth-order valence-electron chi connectivity index (χ4n) is 0.253. The zero-order valence-corrected chi connectivity index (χ0v) is 6.60. The Balaban J connectivity index is 0. The molecule has 0 aromatic carbocycles. The predicted molar refractivity (Wildman–Crippen MR) is 38.7 cm³/mol. The van der Waals surface area contributed by atoms with Crippen molar-refractivity contribution in [2.45, 2.75) is 19.4 Å². The number of hydrogen-bond acceptors (Lipinski definition) is 4. The standard InChI is InChI=1S/C4H6O5.C2H6O/c5-2(4(8)9)1-3(6)7;1-2-3/h2,5H,1H2,(H,6,7)(H,8,9);3H,2H2,1H3/t2-;/m0./s1. The van der Waals surface area contributed by atoms with Gasteiger partial charge in [0.15, 0.2) is 6.10 Å². The van der Waals surface area contributed by atoms with Gasteiger partial charge in [-0.25, -0.2) is 4.79 Å². The molecule has 0 saturated carbocycles. The van der Waals surface area contributed by atoms with Crippen molar-refractivity contribution in [2.75, 3.05) is 6.61 Å². The van der Waals surface area contributed by atoms with Crippen molar-refractivity contribution in [3.05, 3.63) is 0 Å². The van der Waals surface area contributed by atoms with E-state index in [4.69, 9.17) is 20.4 Å². The maximum Gasteiger partial charge on any atom is 0.333 e. The van der Waals surface area contributed by atoms with E-state index in [1.165, 1.54) is 0 Å². The van der Waals surface area contributed by atoms with E-state index in [1.807, 2.05) is 0 Å². The molecule has 0 aliphatic heterocycles. The minimum Gasteiger partial charge on any atom is -0.481 e. The highest BCUT2D eigenvalue weighted by Crippen LogP contribution is 1.89. The van der Waals surface area contributed by atoms with Crippen molar-refractivity contribution >= 4 is 11.9 Å². The molecule has 6 nitrogen and oxygen atoms in total. The number of carbonyl (C=O) groups is 2. The van der Waals surface area contributed by atoms with Crippen molar-refractivity contribution in [3.8, 4) is 0 Å². The number of aliphatic carboxylic acids is 2. The highest BCUT2D eigenvalue weighted by molar-refractivity contribution is 5.79. The molecule has 0 amide bonds. The van der Waals surface area contributed by atoms with Gasteiger partial charge in [0.1, 0.15) is 0 Å². The molecule has 0 unspecified atom stereocenters. The molecule has 12 heavy (non-hydrogen) atoms. The van der Waals surface area contributed by atoms with Crippen LogP contribution in [-0.4, -0.2) is 45.1 Å². The van der Waals surface area contributed by atoms with Gasteiger partial charge in [0.2, 0.25) is 0 Å². The Morgan fingerprint density at radius 3 is 1.75 bits per heavy atom. The SMILES string of the molecule is CCO.O=C(O)C[C@H](O)C(=O)O. The second-order valence-corrected chi connectivity index (χ2v) is 1.77. The summed E-state index contributed by atoms with van der Waals surface area (Å²) in [6, 6.07) is 0. The maximum atomic E-state index is 9.72. The molecule has 0 radical (unpaired) electrons. The molecule has 0 rings (SSSR count). The summed E-state index contributed by atoms with van der Waals surface area (Å²) in [6.07, 6.45) is -2.54. The van der Waals surface area contributed by atoms with Crippen LogP contribution in [0.3, 0.4) is 0 Å². The number of hydrogen-bond donors (Lipinski definition) is 4. The molecule has 0 aliphatic rings. The third kappa shape index (κ3) is 11.6. The Morgan fingerprint density at radius 2 is 1.67 bits per heavy atom. The summed E-state index contributed by atoms with van der Waals surface area (Å²) < 4.78 is 0. The van der Waals surface area contributed by atoms with Gasteiger partial charge in [-0.15, -0.1) is 0 Å². The van der Waals surface area contributed by atoms with Crippen molar-refractivity contribution in [3.63, 3.8) is 0 Å². The summed E-state index contributed by atoms with van der Waals surface area (Å²) in [5, 5.41) is 31.7. The maximum absolute atomic E-state index is 9.72. The largest absolute Gasteiger partial charge is 0.481 e. The minimum absolute atomic E-state index is 0.250. The first-order valence-electron chi connectivity index (χ1n) is 3.19. The van der Waals surface area contributed by atoms with Crippen molar-refractivity contribution in [1.29, 1.82) is 0 Å². The summed E-state index contributed by atoms with van der Waals surface area (Å²) in [4.78, 5) is 19.4. The van der Waals surface area contributed by atoms with Gasteiger partial charge < -0.3 is 20.4 Å². The Hall–Kier alpha value is -1.14. The van der Waals surface area contributed by atoms with E-state index in [-0.39, 0.29) is 6.61 Å². The third-order valence-corrected chi connectivity index (χ3v) is 0.653. The van der Waals surface area contributed by atoms with Crippen LogP contribution in [0, 0.1) is 0 Å². The second-order valence-electron chi connectivity index (χ2n) is 1.77. The third-order valence-electron chi connectivity index (χ3n) is 0.653. The fraction of sp³-hybridized carbons (Fsp3) is 0.667. The number of aliphatic hydroxyl groups is 2. The van der Waals surface area contributed by atoms with Crippen LogP contribution in [0.4, 0.5) is 0 Å². The highest BCUT2D eigenvalue weighted by Gasteiger charge is 2.16. The average Bonchev–Trinajstić information content (AvgIpc) is 1.87. The smallest absolute Gasteiger partial charge is 0.333 e. The first-order valence-corrected chi connectivity index (χ1v) is 3.19. The van der Waals surface area contributed by atoms with Gasteiger partial charge >= 0.3 is 11.9 Å². The van der Waals surface area contributed by atoms with E-state index in [2.05, 4.69) is 0 Å². The summed E-state index contributed by atoms with van der Waals surface area (Å²) in [5.41, 5.74) is 0. The monoisotopic (exact) mass is 180 g/mol. The van der Waals surface area contributed by atoms with E-state index in [0.29, 0.717) is 0 Å². The van der Waals surface area contributed by atoms with Gasteiger partial charge in [-0.3, -0.25) is 4.79 Å². The van der Waals surface area contributed by atoms with E-state index < -0.39 is 24.5 Å². The van der Waals surface area contributed by atoms with Gasteiger partial charge in [-0.05, 0) is 6.92 Å². The van der Waals surface area contributed by atoms with Crippen LogP contribution >= 0.6 is 0 Å². The van der Waals surface area contributed by atoms with Gasteiger partial charge in [0, 0.05) is 6.61 Å².